The third-order valence-electron chi connectivity index (χ3n) is 7.23. The maximum absolute atomic E-state index is 13.3. The standard InChI is InChI=1S/C31H38O3/c1-6-9-24(26(7-2)29(33)16-22(5)32)18-25-19-30(34)31-21(4)10-8-11-27(31)28(25)17-23-14-12-20(3)13-15-23/h8,10-15,17,24-26H,6-7,9,16,18-19H2,1-5H3. The van der Waals surface area contributed by atoms with Gasteiger partial charge in [-0.1, -0.05) is 74.4 Å². The van der Waals surface area contributed by atoms with Crippen LogP contribution in [0.15, 0.2) is 42.5 Å². The molecule has 2 aromatic carbocycles. The lowest BCUT2D eigenvalue weighted by atomic mass is 9.69. The van der Waals surface area contributed by atoms with E-state index in [4.69, 9.17) is 0 Å². The minimum Gasteiger partial charge on any atom is -0.300 e. The third-order valence-corrected chi connectivity index (χ3v) is 7.23. The van der Waals surface area contributed by atoms with Crippen molar-refractivity contribution in [3.05, 3.63) is 70.3 Å². The molecule has 180 valence electrons. The van der Waals surface area contributed by atoms with Crippen molar-refractivity contribution in [3.8, 4) is 0 Å². The highest BCUT2D eigenvalue weighted by molar-refractivity contribution is 6.07. The van der Waals surface area contributed by atoms with E-state index >= 15 is 0 Å². The van der Waals surface area contributed by atoms with Gasteiger partial charge < -0.3 is 0 Å². The van der Waals surface area contributed by atoms with Crippen LogP contribution in [-0.4, -0.2) is 17.3 Å². The Hall–Kier alpha value is -2.81. The lowest BCUT2D eigenvalue weighted by molar-refractivity contribution is -0.129. The second kappa shape index (κ2) is 11.6. The van der Waals surface area contributed by atoms with E-state index in [1.807, 2.05) is 26.0 Å². The molecule has 0 aromatic heterocycles. The molecule has 0 fully saturated rings. The molecule has 2 aromatic rings. The second-order valence-electron chi connectivity index (χ2n) is 9.98. The zero-order valence-corrected chi connectivity index (χ0v) is 21.3. The summed E-state index contributed by atoms with van der Waals surface area (Å²) < 4.78 is 0. The Morgan fingerprint density at radius 2 is 1.76 bits per heavy atom. The SMILES string of the molecule is CCCC(CC1CC(=O)c2c(C)cccc2C1=Cc1ccc(C)cc1)C(CC)C(=O)CC(C)=O. The number of ketones is 3. The topological polar surface area (TPSA) is 51.2 Å². The summed E-state index contributed by atoms with van der Waals surface area (Å²) in [7, 11) is 0. The fourth-order valence-electron chi connectivity index (χ4n) is 5.60. The van der Waals surface area contributed by atoms with E-state index in [0.29, 0.717) is 6.42 Å². The summed E-state index contributed by atoms with van der Waals surface area (Å²) in [5.74, 6) is 0.244. The maximum atomic E-state index is 13.3. The first-order chi connectivity index (χ1) is 16.2. The molecule has 3 unspecified atom stereocenters. The smallest absolute Gasteiger partial charge is 0.164 e. The number of carbonyl (C=O) groups is 3. The second-order valence-corrected chi connectivity index (χ2v) is 9.98. The van der Waals surface area contributed by atoms with Crippen molar-refractivity contribution in [2.75, 3.05) is 0 Å². The summed E-state index contributed by atoms with van der Waals surface area (Å²) in [6.07, 6.45) is 6.11. The number of fused-ring (bicyclic) bond motifs is 1. The lowest BCUT2D eigenvalue weighted by Gasteiger charge is -2.33. The van der Waals surface area contributed by atoms with Gasteiger partial charge in [-0.3, -0.25) is 14.4 Å². The summed E-state index contributed by atoms with van der Waals surface area (Å²) in [4.78, 5) is 37.9. The normalized spacial score (nSPS) is 18.4. The summed E-state index contributed by atoms with van der Waals surface area (Å²) in [5, 5.41) is 0. The number of aryl methyl sites for hydroxylation is 2. The Morgan fingerprint density at radius 3 is 2.38 bits per heavy atom. The number of allylic oxidation sites excluding steroid dienone is 1. The molecule has 0 bridgehead atoms. The molecule has 0 amide bonds. The van der Waals surface area contributed by atoms with Crippen LogP contribution in [0.4, 0.5) is 0 Å². The first-order valence-corrected chi connectivity index (χ1v) is 12.7. The molecule has 0 heterocycles. The van der Waals surface area contributed by atoms with Crippen molar-refractivity contribution >= 4 is 29.0 Å². The van der Waals surface area contributed by atoms with E-state index in [9.17, 15) is 14.4 Å². The zero-order valence-electron chi connectivity index (χ0n) is 21.3. The van der Waals surface area contributed by atoms with Crippen molar-refractivity contribution in [1.29, 1.82) is 0 Å². The van der Waals surface area contributed by atoms with Gasteiger partial charge >= 0.3 is 0 Å². The number of rotatable bonds is 10. The largest absolute Gasteiger partial charge is 0.300 e. The Labute approximate surface area is 204 Å². The van der Waals surface area contributed by atoms with Crippen molar-refractivity contribution in [2.45, 2.75) is 73.1 Å². The lowest BCUT2D eigenvalue weighted by Crippen LogP contribution is -2.29. The maximum Gasteiger partial charge on any atom is 0.164 e. The molecule has 34 heavy (non-hydrogen) atoms. The minimum atomic E-state index is -0.140. The molecule has 3 heteroatoms. The quantitative estimate of drug-likeness (QED) is 0.348. The van der Waals surface area contributed by atoms with Crippen LogP contribution < -0.4 is 0 Å². The molecule has 0 saturated heterocycles. The van der Waals surface area contributed by atoms with Gasteiger partial charge in [-0.05, 0) is 74.1 Å². The predicted octanol–water partition coefficient (Wildman–Crippen LogP) is 7.43. The summed E-state index contributed by atoms with van der Waals surface area (Å²) in [5.41, 5.74) is 6.41. The highest BCUT2D eigenvalue weighted by Gasteiger charge is 2.35. The molecule has 0 aliphatic heterocycles. The van der Waals surface area contributed by atoms with Crippen molar-refractivity contribution in [3.63, 3.8) is 0 Å². The highest BCUT2D eigenvalue weighted by atomic mass is 16.1. The fourth-order valence-corrected chi connectivity index (χ4v) is 5.60. The third kappa shape index (κ3) is 6.00. The number of hydrogen-bond donors (Lipinski definition) is 0. The van der Waals surface area contributed by atoms with Crippen LogP contribution in [0.3, 0.4) is 0 Å². The zero-order chi connectivity index (χ0) is 24.8. The van der Waals surface area contributed by atoms with E-state index in [0.717, 1.165) is 47.9 Å². The van der Waals surface area contributed by atoms with Gasteiger partial charge in [0.15, 0.2) is 5.78 Å². The van der Waals surface area contributed by atoms with Crippen LogP contribution in [0.2, 0.25) is 0 Å². The molecular weight excluding hydrogens is 420 g/mol. The molecule has 0 spiro atoms. The summed E-state index contributed by atoms with van der Waals surface area (Å²) in [6.45, 7) is 9.76. The van der Waals surface area contributed by atoms with Gasteiger partial charge in [-0.15, -0.1) is 0 Å². The highest BCUT2D eigenvalue weighted by Crippen LogP contribution is 2.43. The van der Waals surface area contributed by atoms with Crippen LogP contribution in [0, 0.1) is 31.6 Å². The molecule has 3 atom stereocenters. The van der Waals surface area contributed by atoms with E-state index < -0.39 is 0 Å². The van der Waals surface area contributed by atoms with Crippen LogP contribution in [-0.2, 0) is 9.59 Å². The summed E-state index contributed by atoms with van der Waals surface area (Å²) >= 11 is 0. The molecular formula is C31H38O3. The average Bonchev–Trinajstić information content (AvgIpc) is 2.77. The number of Topliss-reactive ketones (excluding diaryl/α,β-unsaturated/α-hetero) is 3. The van der Waals surface area contributed by atoms with Crippen molar-refractivity contribution in [2.24, 2.45) is 17.8 Å². The van der Waals surface area contributed by atoms with Crippen LogP contribution >= 0.6 is 0 Å². The monoisotopic (exact) mass is 458 g/mol. The van der Waals surface area contributed by atoms with Gasteiger partial charge in [-0.2, -0.15) is 0 Å². The van der Waals surface area contributed by atoms with Gasteiger partial charge in [0.25, 0.3) is 0 Å². The summed E-state index contributed by atoms with van der Waals surface area (Å²) in [6, 6.07) is 14.6. The Morgan fingerprint density at radius 1 is 1.06 bits per heavy atom. The fraction of sp³-hybridized carbons (Fsp3) is 0.452. The van der Waals surface area contributed by atoms with Gasteiger partial charge in [0, 0.05) is 17.9 Å². The minimum absolute atomic E-state index is 0.0103. The molecule has 3 nitrogen and oxygen atoms in total. The number of carbonyl (C=O) groups excluding carboxylic acids is 3. The molecule has 1 aliphatic carbocycles. The Balaban J connectivity index is 2.04. The molecule has 1 aliphatic rings. The van der Waals surface area contributed by atoms with Crippen LogP contribution in [0.5, 0.6) is 0 Å². The van der Waals surface area contributed by atoms with Crippen molar-refractivity contribution < 1.29 is 14.4 Å². The van der Waals surface area contributed by atoms with E-state index in [1.54, 1.807) is 0 Å². The Kier molecular flexibility index (Phi) is 8.77. The average molecular weight is 459 g/mol. The van der Waals surface area contributed by atoms with Gasteiger partial charge in [0.05, 0.1) is 6.42 Å². The van der Waals surface area contributed by atoms with E-state index in [2.05, 4.69) is 50.3 Å². The molecule has 0 saturated carbocycles. The molecule has 0 radical (unpaired) electrons. The number of hydrogen-bond acceptors (Lipinski definition) is 3. The van der Waals surface area contributed by atoms with E-state index in [-0.39, 0.29) is 41.5 Å². The predicted molar refractivity (Wildman–Crippen MR) is 140 cm³/mol. The van der Waals surface area contributed by atoms with Crippen LogP contribution in [0.25, 0.3) is 11.6 Å². The van der Waals surface area contributed by atoms with E-state index in [1.165, 1.54) is 18.1 Å². The first-order valence-electron chi connectivity index (χ1n) is 12.7. The van der Waals surface area contributed by atoms with Crippen LogP contribution in [0.1, 0.15) is 91.9 Å². The van der Waals surface area contributed by atoms with Gasteiger partial charge in [-0.25, -0.2) is 0 Å². The van der Waals surface area contributed by atoms with Crippen molar-refractivity contribution in [1.82, 2.24) is 0 Å². The van der Waals surface area contributed by atoms with Gasteiger partial charge in [0.1, 0.15) is 11.6 Å². The number of benzene rings is 2. The molecule has 0 N–H and O–H groups in total. The first kappa shape index (κ1) is 25.8. The molecule has 3 rings (SSSR count). The van der Waals surface area contributed by atoms with Gasteiger partial charge in [0.2, 0.25) is 0 Å². The Bertz CT molecular complexity index is 1070.